The van der Waals surface area contributed by atoms with Crippen molar-refractivity contribution in [2.75, 3.05) is 13.2 Å². The van der Waals surface area contributed by atoms with E-state index in [0.717, 1.165) is 0 Å². The van der Waals surface area contributed by atoms with Crippen molar-refractivity contribution in [3.05, 3.63) is 0 Å². The van der Waals surface area contributed by atoms with Crippen molar-refractivity contribution in [2.24, 2.45) is 5.41 Å². The Morgan fingerprint density at radius 3 is 1.70 bits per heavy atom. The van der Waals surface area contributed by atoms with Crippen molar-refractivity contribution in [1.82, 2.24) is 0 Å². The van der Waals surface area contributed by atoms with Crippen LogP contribution in [0.4, 0.5) is 0 Å². The molecule has 1 radical (unpaired) electrons. The number of aliphatic hydroxyl groups is 2. The number of aliphatic hydroxyl groups excluding tert-OH is 2. The summed E-state index contributed by atoms with van der Waals surface area (Å²) in [4.78, 5) is 10.2. The molecule has 0 saturated carbocycles. The van der Waals surface area contributed by atoms with Gasteiger partial charge in [0, 0.05) is 58.2 Å². The van der Waals surface area contributed by atoms with Gasteiger partial charge in [0.2, 0.25) is 0 Å². The molecule has 0 bridgehead atoms. The van der Waals surface area contributed by atoms with E-state index in [1.54, 1.807) is 0 Å². The van der Waals surface area contributed by atoms with Gasteiger partial charge < -0.3 is 15.3 Å². The van der Waals surface area contributed by atoms with Crippen LogP contribution >= 0.6 is 0 Å². The van der Waals surface area contributed by atoms with Crippen LogP contribution in [-0.4, -0.2) is 92.7 Å². The fourth-order valence-electron chi connectivity index (χ4n) is 0.185. The standard InChI is InChI=1S/C5H10O4.Rb/c1-5(2-6,3-7)4(8)9;/h6-7H,2-3H2,1H3,(H,8,9);. The number of aliphatic carboxylic acids is 1. The van der Waals surface area contributed by atoms with Gasteiger partial charge in [-0.3, -0.25) is 4.79 Å². The summed E-state index contributed by atoms with van der Waals surface area (Å²) in [5.74, 6) is -1.19. The quantitative estimate of drug-likeness (QED) is 0.550. The monoisotopic (exact) mass is 219 g/mol. The number of hydrogen-bond acceptors (Lipinski definition) is 3. The molecule has 10 heavy (non-hydrogen) atoms. The Morgan fingerprint density at radius 2 is 1.70 bits per heavy atom. The zero-order valence-electron chi connectivity index (χ0n) is 6.16. The van der Waals surface area contributed by atoms with Crippen LogP contribution in [0.25, 0.3) is 0 Å². The van der Waals surface area contributed by atoms with Crippen LogP contribution in [0.2, 0.25) is 0 Å². The van der Waals surface area contributed by atoms with Crippen molar-refractivity contribution in [2.45, 2.75) is 6.92 Å². The zero-order chi connectivity index (χ0) is 7.49. The van der Waals surface area contributed by atoms with Gasteiger partial charge in [0.05, 0.1) is 13.2 Å². The van der Waals surface area contributed by atoms with Crippen molar-refractivity contribution in [3.8, 4) is 0 Å². The second-order valence-electron chi connectivity index (χ2n) is 2.18. The van der Waals surface area contributed by atoms with Gasteiger partial charge in [-0.15, -0.1) is 0 Å². The summed E-state index contributed by atoms with van der Waals surface area (Å²) >= 11 is 0. The van der Waals surface area contributed by atoms with E-state index < -0.39 is 24.6 Å². The van der Waals surface area contributed by atoms with Gasteiger partial charge in [-0.05, 0) is 6.92 Å². The molecule has 0 aromatic carbocycles. The average Bonchev–Trinajstić information content (AvgIpc) is 1.86. The molecule has 0 aliphatic carbocycles. The first-order valence-corrected chi connectivity index (χ1v) is 2.52. The largest absolute Gasteiger partial charge is 0.481 e. The average molecular weight is 220 g/mol. The topological polar surface area (TPSA) is 77.8 Å². The predicted molar refractivity (Wildman–Crippen MR) is 35.7 cm³/mol. The smallest absolute Gasteiger partial charge is 0.314 e. The first-order valence-electron chi connectivity index (χ1n) is 2.52. The van der Waals surface area contributed by atoms with E-state index in [-0.39, 0.29) is 58.2 Å². The SMILES string of the molecule is CC(CO)(CO)C(=O)O.[Rb]. The van der Waals surface area contributed by atoms with E-state index in [9.17, 15) is 4.79 Å². The first kappa shape index (κ1) is 13.8. The molecule has 0 heterocycles. The third-order valence-corrected chi connectivity index (χ3v) is 1.21. The zero-order valence-corrected chi connectivity index (χ0v) is 11.1. The summed E-state index contributed by atoms with van der Waals surface area (Å²) in [6, 6.07) is 0. The fraction of sp³-hybridized carbons (Fsp3) is 0.800. The minimum absolute atomic E-state index is 0. The molecular weight excluding hydrogens is 210 g/mol. The molecule has 0 aromatic rings. The van der Waals surface area contributed by atoms with Gasteiger partial charge in [0.15, 0.2) is 0 Å². The Bertz CT molecular complexity index is 110. The molecule has 0 spiro atoms. The Kier molecular flexibility index (Phi) is 7.98. The summed E-state index contributed by atoms with van der Waals surface area (Å²) in [5.41, 5.74) is -1.39. The second kappa shape index (κ2) is 5.80. The fourth-order valence-corrected chi connectivity index (χ4v) is 0.185. The molecule has 0 atom stereocenters. The molecule has 4 nitrogen and oxygen atoms in total. The third-order valence-electron chi connectivity index (χ3n) is 1.21. The van der Waals surface area contributed by atoms with E-state index in [1.807, 2.05) is 0 Å². The minimum atomic E-state index is -1.39. The Morgan fingerprint density at radius 1 is 1.40 bits per heavy atom. The van der Waals surface area contributed by atoms with Gasteiger partial charge in [-0.2, -0.15) is 0 Å². The Hall–Kier alpha value is 1.20. The summed E-state index contributed by atoms with van der Waals surface area (Å²) in [7, 11) is 0. The number of carboxylic acids is 1. The van der Waals surface area contributed by atoms with Gasteiger partial charge in [-0.25, -0.2) is 0 Å². The molecular formula is C5H10O4Rb. The van der Waals surface area contributed by atoms with Crippen LogP contribution in [0, 0.1) is 5.41 Å². The maximum Gasteiger partial charge on any atom is 0.314 e. The number of rotatable bonds is 3. The first-order chi connectivity index (χ1) is 4.06. The maximum absolute atomic E-state index is 10.2. The van der Waals surface area contributed by atoms with E-state index in [4.69, 9.17) is 15.3 Å². The van der Waals surface area contributed by atoms with Crippen molar-refractivity contribution < 1.29 is 20.1 Å². The normalized spacial score (nSPS) is 10.3. The van der Waals surface area contributed by atoms with Crippen molar-refractivity contribution in [3.63, 3.8) is 0 Å². The van der Waals surface area contributed by atoms with E-state index >= 15 is 0 Å². The van der Waals surface area contributed by atoms with Crippen molar-refractivity contribution in [1.29, 1.82) is 0 Å². The summed E-state index contributed by atoms with van der Waals surface area (Å²) in [6.07, 6.45) is 0. The second-order valence-corrected chi connectivity index (χ2v) is 2.18. The number of carbonyl (C=O) groups is 1. The van der Waals surface area contributed by atoms with Gasteiger partial charge in [0.1, 0.15) is 5.41 Å². The summed E-state index contributed by atoms with van der Waals surface area (Å²) in [6.45, 7) is 0.187. The molecule has 0 unspecified atom stereocenters. The maximum atomic E-state index is 10.2. The van der Waals surface area contributed by atoms with Gasteiger partial charge in [-0.1, -0.05) is 0 Å². The molecule has 0 rings (SSSR count). The van der Waals surface area contributed by atoms with E-state index in [0.29, 0.717) is 0 Å². The van der Waals surface area contributed by atoms with Gasteiger partial charge in [0.25, 0.3) is 0 Å². The Labute approximate surface area is 108 Å². The van der Waals surface area contributed by atoms with Crippen LogP contribution in [0.1, 0.15) is 6.92 Å². The third kappa shape index (κ3) is 3.55. The molecule has 0 aliphatic heterocycles. The van der Waals surface area contributed by atoms with Crippen LogP contribution in [-0.2, 0) is 4.79 Å². The summed E-state index contributed by atoms with van der Waals surface area (Å²) < 4.78 is 0. The molecule has 55 valence electrons. The molecule has 0 aromatic heterocycles. The Balaban J connectivity index is 0. The van der Waals surface area contributed by atoms with Crippen LogP contribution in [0.5, 0.6) is 0 Å². The van der Waals surface area contributed by atoms with Crippen molar-refractivity contribution >= 4 is 64.2 Å². The number of hydrogen-bond donors (Lipinski definition) is 3. The molecule has 0 amide bonds. The minimum Gasteiger partial charge on any atom is -0.481 e. The summed E-state index contributed by atoms with van der Waals surface area (Å²) in [5, 5.41) is 25.1. The molecule has 3 N–H and O–H groups in total. The molecule has 0 aliphatic rings. The molecule has 0 fully saturated rings. The van der Waals surface area contributed by atoms with E-state index in [1.165, 1.54) is 6.92 Å². The van der Waals surface area contributed by atoms with Crippen LogP contribution < -0.4 is 0 Å². The van der Waals surface area contributed by atoms with Crippen LogP contribution in [0.15, 0.2) is 0 Å². The van der Waals surface area contributed by atoms with Gasteiger partial charge >= 0.3 is 5.97 Å². The van der Waals surface area contributed by atoms with Crippen LogP contribution in [0.3, 0.4) is 0 Å². The molecule has 0 saturated heterocycles. The van der Waals surface area contributed by atoms with E-state index in [2.05, 4.69) is 0 Å². The predicted octanol–water partition coefficient (Wildman–Crippen LogP) is -1.32. The number of carboxylic acid groups (broad SMARTS) is 1. The molecule has 5 heteroatoms.